The zero-order chi connectivity index (χ0) is 30.8. The summed E-state index contributed by atoms with van der Waals surface area (Å²) in [5.74, 6) is -0.635. The third kappa shape index (κ3) is 9.68. The number of likely N-dealkylation sites (tertiary alicyclic amines) is 1. The fourth-order valence-corrected chi connectivity index (χ4v) is 4.83. The van der Waals surface area contributed by atoms with Crippen LogP contribution in [0.3, 0.4) is 0 Å². The van der Waals surface area contributed by atoms with Crippen LogP contribution in [0.1, 0.15) is 67.2 Å². The Hall–Kier alpha value is -3.22. The summed E-state index contributed by atoms with van der Waals surface area (Å²) in [4.78, 5) is 62.4. The van der Waals surface area contributed by atoms with Crippen LogP contribution < -0.4 is 10.8 Å². The molecule has 3 saturated heterocycles. The number of carbonyl (C=O) groups is 4. The van der Waals surface area contributed by atoms with Gasteiger partial charge in [-0.15, -0.1) is 9.28 Å². The van der Waals surface area contributed by atoms with Gasteiger partial charge in [0.2, 0.25) is 5.96 Å². The zero-order valence-corrected chi connectivity index (χ0v) is 24.7. The fourth-order valence-electron chi connectivity index (χ4n) is 4.44. The number of ether oxygens (including phenoxy) is 2. The van der Waals surface area contributed by atoms with Crippen molar-refractivity contribution in [3.05, 3.63) is 0 Å². The first-order chi connectivity index (χ1) is 18.8. The summed E-state index contributed by atoms with van der Waals surface area (Å²) in [6, 6.07) is -2.39. The predicted molar refractivity (Wildman–Crippen MR) is 140 cm³/mol. The van der Waals surface area contributed by atoms with Gasteiger partial charge in [0, 0.05) is 19.6 Å². The van der Waals surface area contributed by atoms with Crippen LogP contribution in [0, 0.1) is 0 Å². The van der Waals surface area contributed by atoms with Crippen LogP contribution in [0.5, 0.6) is 0 Å². The molecule has 0 saturated carbocycles. The van der Waals surface area contributed by atoms with E-state index in [0.717, 1.165) is 4.90 Å². The van der Waals surface area contributed by atoms with E-state index in [9.17, 15) is 27.6 Å². The molecule has 2 atom stereocenters. The minimum absolute atomic E-state index is 0.0445. The number of fused-ring (bicyclic) bond motifs is 2. The number of alkyl carbamates (subject to hydrolysis) is 1. The number of rotatable bonds is 5. The molecule has 3 rings (SSSR count). The number of urea groups is 1. The fraction of sp³-hybridized carbons (Fsp3) is 0.783. The van der Waals surface area contributed by atoms with Gasteiger partial charge in [-0.3, -0.25) is 19.5 Å². The van der Waals surface area contributed by atoms with E-state index < -0.39 is 63.9 Å². The van der Waals surface area contributed by atoms with Crippen molar-refractivity contribution in [1.29, 1.82) is 0 Å². The first-order valence-electron chi connectivity index (χ1n) is 13.1. The standard InChI is InChI=1S/C23H38N6O11S/c1-22(2,3)37-19(31)24-18(25-20(32)38-23(4,5)6)27-11-9-15(10-12-27)39-26-17(30)16-8-7-14-13-28(16)21(33)29(14)40-41(34,35)36/h14-16H,7-13H2,1-6H3,(H,26,30)(H,34,35,36)(H,24,25,31,32)/t14-,16+/m1/s1. The maximum absolute atomic E-state index is 12.8. The minimum Gasteiger partial charge on any atom is -0.444 e. The van der Waals surface area contributed by atoms with Crippen LogP contribution in [0.15, 0.2) is 4.99 Å². The van der Waals surface area contributed by atoms with E-state index in [4.69, 9.17) is 18.9 Å². The molecule has 0 aromatic rings. The highest BCUT2D eigenvalue weighted by molar-refractivity contribution is 7.80. The van der Waals surface area contributed by atoms with E-state index >= 15 is 0 Å². The van der Waals surface area contributed by atoms with Crippen LogP contribution in [-0.4, -0.2) is 107 Å². The Kier molecular flexibility index (Phi) is 9.72. The second-order valence-electron chi connectivity index (χ2n) is 11.8. The highest BCUT2D eigenvalue weighted by Crippen LogP contribution is 2.30. The Balaban J connectivity index is 1.55. The SMILES string of the molecule is CC(C)(C)OC(=O)/N=C(\NC(=O)OC(C)(C)C)N1CCC(ONC(=O)[C@@H]2CC[C@@H]3CN2C(=O)N3OS(=O)(=O)O)CC1. The van der Waals surface area contributed by atoms with Crippen molar-refractivity contribution in [2.24, 2.45) is 4.99 Å². The van der Waals surface area contributed by atoms with E-state index in [0.29, 0.717) is 31.0 Å². The number of guanidine groups is 1. The lowest BCUT2D eigenvalue weighted by molar-refractivity contribution is -0.145. The van der Waals surface area contributed by atoms with E-state index in [-0.39, 0.29) is 25.3 Å². The van der Waals surface area contributed by atoms with Gasteiger partial charge in [-0.1, -0.05) is 0 Å². The summed E-state index contributed by atoms with van der Waals surface area (Å²) in [6.07, 6.45) is -0.832. The minimum atomic E-state index is -4.90. The molecule has 0 spiro atoms. The number of aliphatic imine (C=N–C) groups is 1. The Bertz CT molecular complexity index is 1160. The van der Waals surface area contributed by atoms with Crippen LogP contribution in [0.2, 0.25) is 0 Å². The van der Waals surface area contributed by atoms with E-state index in [2.05, 4.69) is 20.1 Å². The molecule has 18 heteroatoms. The topological polar surface area (TPSA) is 206 Å². The molecule has 0 unspecified atom stereocenters. The number of amides is 5. The lowest BCUT2D eigenvalue weighted by Crippen LogP contribution is -2.52. The highest BCUT2D eigenvalue weighted by atomic mass is 32.3. The third-order valence-corrected chi connectivity index (χ3v) is 6.42. The van der Waals surface area contributed by atoms with Crippen molar-refractivity contribution in [1.82, 2.24) is 25.7 Å². The van der Waals surface area contributed by atoms with E-state index in [1.165, 1.54) is 0 Å². The number of hydrogen-bond donors (Lipinski definition) is 3. The summed E-state index contributed by atoms with van der Waals surface area (Å²) in [5, 5.41) is 3.06. The van der Waals surface area contributed by atoms with Gasteiger partial charge < -0.3 is 19.3 Å². The van der Waals surface area contributed by atoms with Crippen molar-refractivity contribution in [2.45, 2.75) is 96.6 Å². The second kappa shape index (κ2) is 12.3. The number of nitrogens with zero attached hydrogens (tertiary/aromatic N) is 4. The van der Waals surface area contributed by atoms with Crippen LogP contribution in [0.25, 0.3) is 0 Å². The molecule has 3 aliphatic rings. The van der Waals surface area contributed by atoms with Gasteiger partial charge >= 0.3 is 28.6 Å². The largest absolute Gasteiger partial charge is 0.444 e. The average Bonchev–Trinajstić information content (AvgIpc) is 3.03. The molecular weight excluding hydrogens is 568 g/mol. The molecule has 0 radical (unpaired) electrons. The third-order valence-electron chi connectivity index (χ3n) is 6.07. The van der Waals surface area contributed by atoms with Gasteiger partial charge in [0.15, 0.2) is 0 Å². The maximum atomic E-state index is 12.8. The van der Waals surface area contributed by atoms with Crippen LogP contribution in [-0.2, 0) is 33.8 Å². The molecule has 3 aliphatic heterocycles. The predicted octanol–water partition coefficient (Wildman–Crippen LogP) is 1.32. The summed E-state index contributed by atoms with van der Waals surface area (Å²) < 4.78 is 45.9. The second-order valence-corrected chi connectivity index (χ2v) is 12.8. The normalized spacial score (nSPS) is 22.5. The number of carbonyl (C=O) groups excluding carboxylic acids is 4. The summed E-state index contributed by atoms with van der Waals surface area (Å²) in [6.45, 7) is 10.8. The van der Waals surface area contributed by atoms with Gasteiger partial charge in [-0.05, 0) is 67.2 Å². The number of hydroxylamine groups is 3. The molecule has 3 heterocycles. The zero-order valence-electron chi connectivity index (χ0n) is 23.9. The smallest absolute Gasteiger partial charge is 0.437 e. The molecule has 5 amide bonds. The monoisotopic (exact) mass is 606 g/mol. The van der Waals surface area contributed by atoms with Gasteiger partial charge in [0.1, 0.15) is 17.2 Å². The molecular formula is C23H38N6O11S. The molecule has 41 heavy (non-hydrogen) atoms. The summed E-state index contributed by atoms with van der Waals surface area (Å²) in [5.41, 5.74) is 0.805. The Labute approximate surface area is 238 Å². The number of piperidine rings is 2. The highest BCUT2D eigenvalue weighted by Gasteiger charge is 2.49. The molecule has 0 aromatic carbocycles. The van der Waals surface area contributed by atoms with Crippen molar-refractivity contribution < 1.29 is 50.7 Å². The Morgan fingerprint density at radius 2 is 1.59 bits per heavy atom. The maximum Gasteiger partial charge on any atom is 0.437 e. The molecule has 2 bridgehead atoms. The van der Waals surface area contributed by atoms with E-state index in [1.54, 1.807) is 46.4 Å². The van der Waals surface area contributed by atoms with Crippen LogP contribution in [0.4, 0.5) is 14.4 Å². The van der Waals surface area contributed by atoms with Crippen molar-refractivity contribution in [3.8, 4) is 0 Å². The Morgan fingerprint density at radius 3 is 2.15 bits per heavy atom. The summed E-state index contributed by atoms with van der Waals surface area (Å²) >= 11 is 0. The molecule has 232 valence electrons. The lowest BCUT2D eigenvalue weighted by Gasteiger charge is -2.34. The van der Waals surface area contributed by atoms with Gasteiger partial charge in [0.05, 0.1) is 12.1 Å². The van der Waals surface area contributed by atoms with Gasteiger partial charge in [-0.25, -0.2) is 19.9 Å². The molecule has 0 aromatic heterocycles. The molecule has 0 aliphatic carbocycles. The number of nitrogens with one attached hydrogen (secondary N) is 2. The lowest BCUT2D eigenvalue weighted by atomic mass is 10.0. The molecule has 3 fully saturated rings. The average molecular weight is 607 g/mol. The van der Waals surface area contributed by atoms with Gasteiger partial charge in [-0.2, -0.15) is 13.5 Å². The van der Waals surface area contributed by atoms with Crippen LogP contribution >= 0.6 is 0 Å². The van der Waals surface area contributed by atoms with E-state index in [1.807, 2.05) is 0 Å². The van der Waals surface area contributed by atoms with Gasteiger partial charge in [0.25, 0.3) is 5.91 Å². The summed E-state index contributed by atoms with van der Waals surface area (Å²) in [7, 11) is -4.90. The van der Waals surface area contributed by atoms with Crippen molar-refractivity contribution in [3.63, 3.8) is 0 Å². The first kappa shape index (κ1) is 32.3. The Morgan fingerprint density at radius 1 is 0.976 bits per heavy atom. The molecule has 17 nitrogen and oxygen atoms in total. The molecule has 3 N–H and O–H groups in total. The quantitative estimate of drug-likeness (QED) is 0.175. The number of hydrogen-bond acceptors (Lipinski definition) is 10. The first-order valence-corrected chi connectivity index (χ1v) is 14.5. The van der Waals surface area contributed by atoms with Crippen molar-refractivity contribution >= 4 is 40.5 Å². The van der Waals surface area contributed by atoms with Crippen molar-refractivity contribution in [2.75, 3.05) is 19.6 Å².